The van der Waals surface area contributed by atoms with Crippen LogP contribution in [0.5, 0.6) is 0 Å². The molecule has 2 nitrogen and oxygen atoms in total. The summed E-state index contributed by atoms with van der Waals surface area (Å²) >= 11 is 0. The quantitative estimate of drug-likeness (QED) is 0.640. The van der Waals surface area contributed by atoms with Crippen LogP contribution in [0.25, 0.3) is 11.1 Å². The van der Waals surface area contributed by atoms with Crippen LogP contribution in [0.15, 0.2) is 42.5 Å². The Hall–Kier alpha value is -2.09. The minimum absolute atomic E-state index is 0.156. The molecule has 1 atom stereocenters. The van der Waals surface area contributed by atoms with Crippen molar-refractivity contribution in [2.45, 2.75) is 45.6 Å². The third-order valence-corrected chi connectivity index (χ3v) is 4.11. The highest BCUT2D eigenvalue weighted by molar-refractivity contribution is 5.83. The molecule has 0 aromatic heterocycles. The monoisotopic (exact) mass is 294 g/mol. The summed E-state index contributed by atoms with van der Waals surface area (Å²) in [6, 6.07) is 14.7. The van der Waals surface area contributed by atoms with Gasteiger partial charge in [-0.25, -0.2) is 0 Å². The number of hydrogen-bond acceptors (Lipinski definition) is 2. The van der Waals surface area contributed by atoms with Crippen molar-refractivity contribution in [1.82, 2.24) is 0 Å². The van der Waals surface area contributed by atoms with E-state index in [1.165, 1.54) is 22.3 Å². The van der Waals surface area contributed by atoms with Gasteiger partial charge in [0.25, 0.3) is 0 Å². The summed E-state index contributed by atoms with van der Waals surface area (Å²) in [5.74, 6) is -0.402. The largest absolute Gasteiger partial charge is 0.460 e. The van der Waals surface area contributed by atoms with E-state index < -0.39 is 5.60 Å². The van der Waals surface area contributed by atoms with Crippen LogP contribution in [-0.2, 0) is 16.0 Å². The molecule has 0 heterocycles. The normalized spacial score (nSPS) is 14.2. The summed E-state index contributed by atoms with van der Waals surface area (Å²) in [5.41, 5.74) is 5.78. The van der Waals surface area contributed by atoms with E-state index in [0.717, 1.165) is 12.0 Å². The van der Waals surface area contributed by atoms with Crippen molar-refractivity contribution in [1.29, 1.82) is 0 Å². The van der Waals surface area contributed by atoms with Gasteiger partial charge in [-0.1, -0.05) is 42.5 Å². The predicted molar refractivity (Wildman–Crippen MR) is 88.9 cm³/mol. The smallest absolute Gasteiger partial charge is 0.313 e. The molecule has 1 aliphatic carbocycles. The molecule has 114 valence electrons. The first-order valence-corrected chi connectivity index (χ1v) is 7.80. The summed E-state index contributed by atoms with van der Waals surface area (Å²) in [6.07, 6.45) is 0.898. The van der Waals surface area contributed by atoms with Gasteiger partial charge in [0.15, 0.2) is 0 Å². The lowest BCUT2D eigenvalue weighted by Crippen LogP contribution is -2.27. The van der Waals surface area contributed by atoms with Crippen molar-refractivity contribution in [2.24, 2.45) is 0 Å². The number of ether oxygens (including phenoxy) is 1. The number of fused-ring (bicyclic) bond motifs is 3. The van der Waals surface area contributed by atoms with Crippen LogP contribution in [0.2, 0.25) is 0 Å². The molecule has 0 amide bonds. The van der Waals surface area contributed by atoms with E-state index in [-0.39, 0.29) is 11.9 Å². The van der Waals surface area contributed by atoms with E-state index in [1.807, 2.05) is 33.8 Å². The zero-order valence-corrected chi connectivity index (χ0v) is 13.6. The maximum Gasteiger partial charge on any atom is 0.313 e. The average molecular weight is 294 g/mol. The molecular formula is C20H22O2. The van der Waals surface area contributed by atoms with Crippen LogP contribution in [-0.4, -0.2) is 11.6 Å². The molecule has 0 aliphatic heterocycles. The van der Waals surface area contributed by atoms with Gasteiger partial charge >= 0.3 is 5.97 Å². The standard InChI is InChI=1S/C20H22O2/c1-13(19(21)22-20(2,3)4)15-10-7-11-17-16-9-6-5-8-14(16)12-18(15)17/h5-11,13H,12H2,1-4H3. The Balaban J connectivity index is 1.96. The van der Waals surface area contributed by atoms with Crippen LogP contribution >= 0.6 is 0 Å². The topological polar surface area (TPSA) is 26.3 Å². The van der Waals surface area contributed by atoms with Crippen LogP contribution in [0.1, 0.15) is 50.3 Å². The van der Waals surface area contributed by atoms with E-state index in [9.17, 15) is 4.79 Å². The molecule has 0 saturated heterocycles. The SMILES string of the molecule is CC(C(=O)OC(C)(C)C)c1cccc2c1Cc1ccccc1-2. The van der Waals surface area contributed by atoms with Gasteiger partial charge in [0, 0.05) is 0 Å². The Morgan fingerprint density at radius 3 is 2.45 bits per heavy atom. The second kappa shape index (κ2) is 5.28. The maximum atomic E-state index is 12.4. The molecule has 0 spiro atoms. The van der Waals surface area contributed by atoms with Crippen molar-refractivity contribution in [3.63, 3.8) is 0 Å². The number of benzene rings is 2. The fraction of sp³-hybridized carbons (Fsp3) is 0.350. The van der Waals surface area contributed by atoms with Crippen molar-refractivity contribution in [3.05, 3.63) is 59.2 Å². The Kier molecular flexibility index (Phi) is 3.56. The molecule has 0 saturated carbocycles. The summed E-state index contributed by atoms with van der Waals surface area (Å²) < 4.78 is 5.55. The molecule has 0 bridgehead atoms. The second-order valence-electron chi connectivity index (χ2n) is 6.96. The zero-order valence-electron chi connectivity index (χ0n) is 13.6. The Bertz CT molecular complexity index is 723. The van der Waals surface area contributed by atoms with Gasteiger partial charge in [0.05, 0.1) is 5.92 Å². The first-order chi connectivity index (χ1) is 10.4. The third kappa shape index (κ3) is 2.66. The van der Waals surface area contributed by atoms with Gasteiger partial charge < -0.3 is 4.74 Å². The molecule has 1 unspecified atom stereocenters. The van der Waals surface area contributed by atoms with Crippen molar-refractivity contribution >= 4 is 5.97 Å². The number of esters is 1. The Morgan fingerprint density at radius 2 is 1.73 bits per heavy atom. The molecule has 0 radical (unpaired) electrons. The summed E-state index contributed by atoms with van der Waals surface area (Å²) in [6.45, 7) is 7.65. The third-order valence-electron chi connectivity index (χ3n) is 4.11. The summed E-state index contributed by atoms with van der Waals surface area (Å²) in [7, 11) is 0. The van der Waals surface area contributed by atoms with E-state index in [1.54, 1.807) is 0 Å². The lowest BCUT2D eigenvalue weighted by molar-refractivity contribution is -0.156. The lowest BCUT2D eigenvalue weighted by Gasteiger charge is -2.23. The van der Waals surface area contributed by atoms with E-state index in [4.69, 9.17) is 4.74 Å². The Labute approximate surface area is 132 Å². The van der Waals surface area contributed by atoms with Crippen LogP contribution in [0.4, 0.5) is 0 Å². The molecule has 2 aromatic rings. The van der Waals surface area contributed by atoms with Gasteiger partial charge in [-0.2, -0.15) is 0 Å². The minimum atomic E-state index is -0.452. The first kappa shape index (κ1) is 14.8. The average Bonchev–Trinajstić information content (AvgIpc) is 2.83. The van der Waals surface area contributed by atoms with Gasteiger partial charge in [0.2, 0.25) is 0 Å². The van der Waals surface area contributed by atoms with E-state index in [2.05, 4.69) is 36.4 Å². The van der Waals surface area contributed by atoms with Crippen molar-refractivity contribution in [2.75, 3.05) is 0 Å². The zero-order chi connectivity index (χ0) is 15.9. The highest BCUT2D eigenvalue weighted by Gasteiger charge is 2.28. The number of carbonyl (C=O) groups is 1. The molecule has 0 fully saturated rings. The van der Waals surface area contributed by atoms with Crippen LogP contribution in [0, 0.1) is 0 Å². The number of carbonyl (C=O) groups excluding carboxylic acids is 1. The predicted octanol–water partition coefficient (Wildman–Crippen LogP) is 4.70. The summed E-state index contributed by atoms with van der Waals surface area (Å²) in [5, 5.41) is 0. The summed E-state index contributed by atoms with van der Waals surface area (Å²) in [4.78, 5) is 12.4. The molecule has 1 aliphatic rings. The molecule has 2 heteroatoms. The van der Waals surface area contributed by atoms with Crippen LogP contribution < -0.4 is 0 Å². The van der Waals surface area contributed by atoms with Crippen LogP contribution in [0.3, 0.4) is 0 Å². The molecule has 22 heavy (non-hydrogen) atoms. The first-order valence-electron chi connectivity index (χ1n) is 7.80. The van der Waals surface area contributed by atoms with Crippen molar-refractivity contribution in [3.8, 4) is 11.1 Å². The van der Waals surface area contributed by atoms with Crippen molar-refractivity contribution < 1.29 is 9.53 Å². The van der Waals surface area contributed by atoms with Gasteiger partial charge in [-0.15, -0.1) is 0 Å². The number of rotatable bonds is 2. The highest BCUT2D eigenvalue weighted by atomic mass is 16.6. The molecule has 2 aromatic carbocycles. The molecular weight excluding hydrogens is 272 g/mol. The van der Waals surface area contributed by atoms with Gasteiger partial charge in [0.1, 0.15) is 5.60 Å². The molecule has 0 N–H and O–H groups in total. The maximum absolute atomic E-state index is 12.4. The number of hydrogen-bond donors (Lipinski definition) is 0. The fourth-order valence-corrected chi connectivity index (χ4v) is 3.10. The second-order valence-corrected chi connectivity index (χ2v) is 6.96. The van der Waals surface area contributed by atoms with E-state index in [0.29, 0.717) is 0 Å². The fourth-order valence-electron chi connectivity index (χ4n) is 3.10. The highest BCUT2D eigenvalue weighted by Crippen LogP contribution is 2.40. The van der Waals surface area contributed by atoms with E-state index >= 15 is 0 Å². The van der Waals surface area contributed by atoms with Gasteiger partial charge in [-0.05, 0) is 61.9 Å². The molecule has 3 rings (SSSR count). The Morgan fingerprint density at radius 1 is 1.05 bits per heavy atom. The minimum Gasteiger partial charge on any atom is -0.460 e. The lowest BCUT2D eigenvalue weighted by atomic mass is 9.92. The van der Waals surface area contributed by atoms with Gasteiger partial charge in [-0.3, -0.25) is 4.79 Å².